The van der Waals surface area contributed by atoms with Crippen LogP contribution in [0.25, 0.3) is 0 Å². The van der Waals surface area contributed by atoms with Crippen LogP contribution in [0.2, 0.25) is 0 Å². The van der Waals surface area contributed by atoms with Crippen LogP contribution in [0.3, 0.4) is 0 Å². The van der Waals surface area contributed by atoms with Crippen LogP contribution in [0, 0.1) is 0 Å². The number of thiazole rings is 1. The van der Waals surface area contributed by atoms with Crippen molar-refractivity contribution in [1.29, 1.82) is 0 Å². The Morgan fingerprint density at radius 2 is 2.07 bits per heavy atom. The summed E-state index contributed by atoms with van der Waals surface area (Å²) in [6, 6.07) is 6.58. The molecule has 8 heteroatoms. The zero-order valence-corrected chi connectivity index (χ0v) is 17.8. The first-order valence-corrected chi connectivity index (χ1v) is 12.3. The van der Waals surface area contributed by atoms with E-state index < -0.39 is 10.0 Å². The van der Waals surface area contributed by atoms with Gasteiger partial charge in [0.25, 0.3) is 5.91 Å². The van der Waals surface area contributed by atoms with Crippen molar-refractivity contribution in [2.45, 2.75) is 51.9 Å². The Bertz CT molecular complexity index is 899. The van der Waals surface area contributed by atoms with Crippen molar-refractivity contribution in [3.63, 3.8) is 0 Å². The average Bonchev–Trinajstić information content (AvgIpc) is 3.07. The van der Waals surface area contributed by atoms with Crippen molar-refractivity contribution in [3.8, 4) is 0 Å². The minimum absolute atomic E-state index is 0.0591. The number of amides is 1. The second-order valence-electron chi connectivity index (χ2n) is 7.05. The first-order chi connectivity index (χ1) is 13.5. The largest absolute Gasteiger partial charge is 0.352 e. The van der Waals surface area contributed by atoms with Gasteiger partial charge >= 0.3 is 0 Å². The number of anilines is 1. The Balaban J connectivity index is 1.48. The number of aromatic nitrogens is 1. The van der Waals surface area contributed by atoms with Crippen LogP contribution in [-0.4, -0.2) is 31.6 Å². The Hall–Kier alpha value is -1.93. The summed E-state index contributed by atoms with van der Waals surface area (Å²) in [5.41, 5.74) is 2.13. The lowest BCUT2D eigenvalue weighted by Gasteiger charge is -2.09. The van der Waals surface area contributed by atoms with Gasteiger partial charge in [0, 0.05) is 29.1 Å². The summed E-state index contributed by atoms with van der Waals surface area (Å²) >= 11 is 1.81. The van der Waals surface area contributed by atoms with Gasteiger partial charge in [-0.2, -0.15) is 0 Å². The molecule has 1 amide bonds. The molecule has 0 aliphatic heterocycles. The van der Waals surface area contributed by atoms with E-state index >= 15 is 0 Å². The van der Waals surface area contributed by atoms with Gasteiger partial charge in [-0.25, -0.2) is 13.4 Å². The maximum atomic E-state index is 12.4. The van der Waals surface area contributed by atoms with Crippen LogP contribution in [0.15, 0.2) is 24.3 Å². The first-order valence-electron chi connectivity index (χ1n) is 9.83. The SMILES string of the molecule is CCCS(=O)(=O)Nc1cccc(C(=O)NCCCc2nc3c(s2)CCCC3)c1. The minimum Gasteiger partial charge on any atom is -0.352 e. The van der Waals surface area contributed by atoms with Crippen molar-refractivity contribution in [1.82, 2.24) is 10.3 Å². The van der Waals surface area contributed by atoms with Crippen LogP contribution >= 0.6 is 11.3 Å². The Morgan fingerprint density at radius 1 is 1.25 bits per heavy atom. The quantitative estimate of drug-likeness (QED) is 0.606. The number of sulfonamides is 1. The lowest BCUT2D eigenvalue weighted by atomic mass is 10.0. The molecule has 1 heterocycles. The van der Waals surface area contributed by atoms with Gasteiger partial charge in [0.05, 0.1) is 16.5 Å². The predicted molar refractivity (Wildman–Crippen MR) is 114 cm³/mol. The molecule has 1 aromatic heterocycles. The van der Waals surface area contributed by atoms with Crippen molar-refractivity contribution < 1.29 is 13.2 Å². The molecule has 0 atom stereocenters. The zero-order valence-electron chi connectivity index (χ0n) is 16.2. The van der Waals surface area contributed by atoms with Crippen LogP contribution < -0.4 is 10.0 Å². The van der Waals surface area contributed by atoms with Gasteiger partial charge in [-0.1, -0.05) is 13.0 Å². The van der Waals surface area contributed by atoms with E-state index in [1.807, 2.05) is 18.3 Å². The standard InChI is InChI=1S/C20H27N3O3S2/c1-2-13-28(25,26)23-16-8-5-7-15(14-16)20(24)21-12-6-11-19-22-17-9-3-4-10-18(17)27-19/h5,7-8,14,23H,2-4,6,9-13H2,1H3,(H,21,24). The van der Waals surface area contributed by atoms with Gasteiger partial charge in [0.2, 0.25) is 10.0 Å². The van der Waals surface area contributed by atoms with Gasteiger partial charge in [-0.3, -0.25) is 9.52 Å². The first kappa shape index (κ1) is 20.8. The number of fused-ring (bicyclic) bond motifs is 1. The number of nitrogens with one attached hydrogen (secondary N) is 2. The van der Waals surface area contributed by atoms with E-state index in [0.717, 1.165) is 30.7 Å². The summed E-state index contributed by atoms with van der Waals surface area (Å²) in [6.45, 7) is 2.37. The van der Waals surface area contributed by atoms with Gasteiger partial charge in [0.15, 0.2) is 0 Å². The molecule has 2 aromatic rings. The van der Waals surface area contributed by atoms with Crippen molar-refractivity contribution in [3.05, 3.63) is 45.4 Å². The molecule has 0 saturated carbocycles. The van der Waals surface area contributed by atoms with Crippen LogP contribution in [0.4, 0.5) is 5.69 Å². The molecule has 28 heavy (non-hydrogen) atoms. The highest BCUT2D eigenvalue weighted by molar-refractivity contribution is 7.92. The molecule has 1 aliphatic rings. The number of nitrogens with zero attached hydrogens (tertiary/aromatic N) is 1. The Kier molecular flexibility index (Phi) is 7.07. The third kappa shape index (κ3) is 5.78. The monoisotopic (exact) mass is 421 g/mol. The number of carbonyl (C=O) groups is 1. The minimum atomic E-state index is -3.37. The Morgan fingerprint density at radius 3 is 2.86 bits per heavy atom. The molecule has 0 bridgehead atoms. The number of carbonyl (C=O) groups excluding carboxylic acids is 1. The maximum Gasteiger partial charge on any atom is 0.251 e. The van der Waals surface area contributed by atoms with Crippen molar-refractivity contribution in [2.75, 3.05) is 17.0 Å². The molecule has 0 saturated heterocycles. The highest BCUT2D eigenvalue weighted by Gasteiger charge is 2.15. The van der Waals surface area contributed by atoms with Gasteiger partial charge in [-0.05, 0) is 56.7 Å². The third-order valence-electron chi connectivity index (χ3n) is 4.61. The smallest absolute Gasteiger partial charge is 0.251 e. The van der Waals surface area contributed by atoms with Crippen LogP contribution in [0.1, 0.15) is 58.5 Å². The molecule has 6 nitrogen and oxygen atoms in total. The fourth-order valence-corrected chi connectivity index (χ4v) is 5.60. The summed E-state index contributed by atoms with van der Waals surface area (Å²) in [5.74, 6) is -0.140. The molecule has 3 rings (SSSR count). The molecular formula is C20H27N3O3S2. The van der Waals surface area contributed by atoms with Crippen molar-refractivity contribution in [2.24, 2.45) is 0 Å². The van der Waals surface area contributed by atoms with Gasteiger partial charge < -0.3 is 5.32 Å². The van der Waals surface area contributed by atoms with E-state index in [2.05, 4.69) is 10.0 Å². The lowest BCUT2D eigenvalue weighted by Crippen LogP contribution is -2.25. The second kappa shape index (κ2) is 9.52. The average molecular weight is 422 g/mol. The summed E-state index contributed by atoms with van der Waals surface area (Å²) in [6.07, 6.45) is 6.99. The third-order valence-corrected chi connectivity index (χ3v) is 7.32. The van der Waals surface area contributed by atoms with E-state index in [4.69, 9.17) is 4.98 Å². The summed E-state index contributed by atoms with van der Waals surface area (Å²) < 4.78 is 26.3. The number of hydrogen-bond acceptors (Lipinski definition) is 5. The lowest BCUT2D eigenvalue weighted by molar-refractivity contribution is 0.0953. The maximum absolute atomic E-state index is 12.4. The highest BCUT2D eigenvalue weighted by atomic mass is 32.2. The van der Waals surface area contributed by atoms with Crippen LogP contribution in [0.5, 0.6) is 0 Å². The van der Waals surface area contributed by atoms with E-state index in [0.29, 0.717) is 24.2 Å². The number of benzene rings is 1. The molecule has 2 N–H and O–H groups in total. The summed E-state index contributed by atoms with van der Waals surface area (Å²) in [4.78, 5) is 18.5. The predicted octanol–water partition coefficient (Wildman–Crippen LogP) is 3.54. The molecule has 0 unspecified atom stereocenters. The molecule has 0 spiro atoms. The number of hydrogen-bond donors (Lipinski definition) is 2. The van der Waals surface area contributed by atoms with E-state index in [-0.39, 0.29) is 11.7 Å². The molecular weight excluding hydrogens is 394 g/mol. The summed E-state index contributed by atoms with van der Waals surface area (Å²) in [5, 5.41) is 4.07. The summed E-state index contributed by atoms with van der Waals surface area (Å²) in [7, 11) is -3.37. The van der Waals surface area contributed by atoms with Gasteiger partial charge in [-0.15, -0.1) is 11.3 Å². The zero-order chi connectivity index (χ0) is 20.0. The van der Waals surface area contributed by atoms with E-state index in [1.165, 1.54) is 23.4 Å². The van der Waals surface area contributed by atoms with Gasteiger partial charge in [0.1, 0.15) is 0 Å². The van der Waals surface area contributed by atoms with E-state index in [9.17, 15) is 13.2 Å². The normalized spacial score (nSPS) is 13.8. The van der Waals surface area contributed by atoms with Crippen molar-refractivity contribution >= 4 is 33.0 Å². The number of aryl methyl sites for hydroxylation is 3. The molecule has 1 aromatic carbocycles. The topological polar surface area (TPSA) is 88.2 Å². The molecule has 152 valence electrons. The fraction of sp³-hybridized carbons (Fsp3) is 0.500. The highest BCUT2D eigenvalue weighted by Crippen LogP contribution is 2.27. The van der Waals surface area contributed by atoms with E-state index in [1.54, 1.807) is 24.3 Å². The molecule has 0 radical (unpaired) electrons. The molecule has 1 aliphatic carbocycles. The second-order valence-corrected chi connectivity index (χ2v) is 10.1. The van der Waals surface area contributed by atoms with Crippen LogP contribution in [-0.2, 0) is 29.3 Å². The Labute approximate surface area is 170 Å². The fourth-order valence-electron chi connectivity index (χ4n) is 3.28. The number of rotatable bonds is 9. The molecule has 0 fully saturated rings.